The first kappa shape index (κ1) is 10.6. The van der Waals surface area contributed by atoms with Gasteiger partial charge in [-0.2, -0.15) is 0 Å². The number of alkyl halides is 1. The van der Waals surface area contributed by atoms with Crippen LogP contribution >= 0.6 is 31.9 Å². The van der Waals surface area contributed by atoms with Crippen LogP contribution in [0, 0.1) is 11.8 Å². The summed E-state index contributed by atoms with van der Waals surface area (Å²) in [5, 5.41) is 0.897. The van der Waals surface area contributed by atoms with E-state index in [1.807, 2.05) is 18.2 Å². The normalized spacial score (nSPS) is 9.08. The molecule has 68 valence electrons. The molecule has 1 rings (SSSR count). The molecule has 1 nitrogen and oxygen atoms in total. The highest BCUT2D eigenvalue weighted by molar-refractivity contribution is 9.10. The largest absolute Gasteiger partial charge is 0.398 e. The minimum atomic E-state index is 0.727. The van der Waals surface area contributed by atoms with Crippen molar-refractivity contribution in [3.8, 4) is 11.8 Å². The lowest BCUT2D eigenvalue weighted by Crippen LogP contribution is -1.89. The van der Waals surface area contributed by atoms with Crippen molar-refractivity contribution in [1.29, 1.82) is 0 Å². The molecule has 0 aliphatic heterocycles. The Balaban J connectivity index is 2.89. The maximum absolute atomic E-state index is 5.74. The Morgan fingerprint density at radius 2 is 2.15 bits per heavy atom. The van der Waals surface area contributed by atoms with Crippen LogP contribution in [0.15, 0.2) is 22.7 Å². The summed E-state index contributed by atoms with van der Waals surface area (Å²) in [5.41, 5.74) is 7.35. The van der Waals surface area contributed by atoms with Gasteiger partial charge < -0.3 is 5.73 Å². The topological polar surface area (TPSA) is 26.0 Å². The SMILES string of the molecule is Nc1ccc(Br)cc1C#CCCBr. The summed E-state index contributed by atoms with van der Waals surface area (Å²) in [5.74, 6) is 6.04. The van der Waals surface area contributed by atoms with Gasteiger partial charge in [-0.3, -0.25) is 0 Å². The van der Waals surface area contributed by atoms with Gasteiger partial charge in [-0.15, -0.1) is 0 Å². The average molecular weight is 303 g/mol. The van der Waals surface area contributed by atoms with Crippen LogP contribution in [-0.4, -0.2) is 5.33 Å². The highest BCUT2D eigenvalue weighted by Crippen LogP contribution is 2.17. The van der Waals surface area contributed by atoms with E-state index in [9.17, 15) is 0 Å². The molecule has 0 fully saturated rings. The Morgan fingerprint density at radius 3 is 2.85 bits per heavy atom. The second kappa shape index (κ2) is 5.31. The lowest BCUT2D eigenvalue weighted by atomic mass is 10.2. The predicted molar refractivity (Wildman–Crippen MR) is 63.8 cm³/mol. The van der Waals surface area contributed by atoms with Crippen molar-refractivity contribution in [2.75, 3.05) is 11.1 Å². The van der Waals surface area contributed by atoms with E-state index >= 15 is 0 Å². The maximum Gasteiger partial charge on any atom is 0.0486 e. The molecule has 13 heavy (non-hydrogen) atoms. The van der Waals surface area contributed by atoms with Crippen LogP contribution < -0.4 is 5.73 Å². The van der Waals surface area contributed by atoms with Gasteiger partial charge in [0.05, 0.1) is 0 Å². The van der Waals surface area contributed by atoms with E-state index < -0.39 is 0 Å². The van der Waals surface area contributed by atoms with Crippen molar-refractivity contribution in [3.63, 3.8) is 0 Å². The summed E-state index contributed by atoms with van der Waals surface area (Å²) in [7, 11) is 0. The molecule has 2 N–H and O–H groups in total. The molecule has 0 radical (unpaired) electrons. The molecule has 0 saturated carbocycles. The highest BCUT2D eigenvalue weighted by atomic mass is 79.9. The van der Waals surface area contributed by atoms with Crippen LogP contribution in [0.2, 0.25) is 0 Å². The third-order valence-electron chi connectivity index (χ3n) is 1.46. The molecule has 0 aromatic heterocycles. The molecule has 0 aliphatic carbocycles. The van der Waals surface area contributed by atoms with E-state index in [1.54, 1.807) is 0 Å². The van der Waals surface area contributed by atoms with E-state index in [2.05, 4.69) is 43.7 Å². The number of halogens is 2. The molecule has 0 bridgehead atoms. The van der Waals surface area contributed by atoms with Gasteiger partial charge in [-0.05, 0) is 18.2 Å². The Hall–Kier alpha value is -0.460. The molecular weight excluding hydrogens is 294 g/mol. The predicted octanol–water partition coefficient (Wildman–Crippen LogP) is 3.17. The highest BCUT2D eigenvalue weighted by Gasteiger charge is 1.94. The number of benzene rings is 1. The first-order valence-corrected chi connectivity index (χ1v) is 5.75. The Morgan fingerprint density at radius 1 is 1.38 bits per heavy atom. The van der Waals surface area contributed by atoms with Crippen LogP contribution in [0.4, 0.5) is 5.69 Å². The van der Waals surface area contributed by atoms with E-state index in [0.29, 0.717) is 0 Å². The van der Waals surface area contributed by atoms with Crippen molar-refractivity contribution in [2.45, 2.75) is 6.42 Å². The Kier molecular flexibility index (Phi) is 4.34. The molecule has 1 aromatic rings. The number of hydrogen-bond donors (Lipinski definition) is 1. The second-order valence-electron chi connectivity index (χ2n) is 2.47. The molecular formula is C10H9Br2N. The van der Waals surface area contributed by atoms with Crippen LogP contribution in [-0.2, 0) is 0 Å². The van der Waals surface area contributed by atoms with Crippen LogP contribution in [0.5, 0.6) is 0 Å². The van der Waals surface area contributed by atoms with Crippen molar-refractivity contribution in [1.82, 2.24) is 0 Å². The third-order valence-corrected chi connectivity index (χ3v) is 2.35. The monoisotopic (exact) mass is 301 g/mol. The quantitative estimate of drug-likeness (QED) is 0.481. The van der Waals surface area contributed by atoms with Crippen molar-refractivity contribution in [3.05, 3.63) is 28.2 Å². The summed E-state index contributed by atoms with van der Waals surface area (Å²) in [6.07, 6.45) is 0.839. The van der Waals surface area contributed by atoms with Gasteiger partial charge in [-0.1, -0.05) is 43.7 Å². The summed E-state index contributed by atoms with van der Waals surface area (Å²) in [6.45, 7) is 0. The Bertz CT molecular complexity index is 350. The molecule has 0 heterocycles. The minimum Gasteiger partial charge on any atom is -0.398 e. The Labute approximate surface area is 95.0 Å². The van der Waals surface area contributed by atoms with Gasteiger partial charge in [0.2, 0.25) is 0 Å². The van der Waals surface area contributed by atoms with Gasteiger partial charge >= 0.3 is 0 Å². The molecule has 0 unspecified atom stereocenters. The molecule has 0 atom stereocenters. The molecule has 0 spiro atoms. The first-order valence-electron chi connectivity index (χ1n) is 3.84. The van der Waals surface area contributed by atoms with Crippen LogP contribution in [0.1, 0.15) is 12.0 Å². The zero-order chi connectivity index (χ0) is 9.68. The number of hydrogen-bond acceptors (Lipinski definition) is 1. The maximum atomic E-state index is 5.74. The number of rotatable bonds is 1. The lowest BCUT2D eigenvalue weighted by Gasteiger charge is -1.97. The number of anilines is 1. The second-order valence-corrected chi connectivity index (χ2v) is 4.18. The average Bonchev–Trinajstić information content (AvgIpc) is 2.11. The van der Waals surface area contributed by atoms with Crippen molar-refractivity contribution < 1.29 is 0 Å². The fraction of sp³-hybridized carbons (Fsp3) is 0.200. The van der Waals surface area contributed by atoms with Crippen molar-refractivity contribution >= 4 is 37.5 Å². The lowest BCUT2D eigenvalue weighted by molar-refractivity contribution is 1.32. The molecule has 0 amide bonds. The molecule has 1 aromatic carbocycles. The van der Waals surface area contributed by atoms with Gasteiger partial charge in [0.15, 0.2) is 0 Å². The van der Waals surface area contributed by atoms with E-state index in [1.165, 1.54) is 0 Å². The van der Waals surface area contributed by atoms with Gasteiger partial charge in [-0.25, -0.2) is 0 Å². The van der Waals surface area contributed by atoms with Gasteiger partial charge in [0.1, 0.15) is 0 Å². The van der Waals surface area contributed by atoms with E-state index in [-0.39, 0.29) is 0 Å². The summed E-state index contributed by atoms with van der Waals surface area (Å²) in [4.78, 5) is 0. The molecule has 0 saturated heterocycles. The molecule has 3 heteroatoms. The zero-order valence-corrected chi connectivity index (χ0v) is 10.2. The fourth-order valence-electron chi connectivity index (χ4n) is 0.842. The van der Waals surface area contributed by atoms with Crippen LogP contribution in [0.3, 0.4) is 0 Å². The standard InChI is InChI=1S/C10H9Br2N/c11-6-2-1-3-8-7-9(12)4-5-10(8)13/h4-5,7H,2,6,13H2. The smallest absolute Gasteiger partial charge is 0.0486 e. The van der Waals surface area contributed by atoms with Crippen LogP contribution in [0.25, 0.3) is 0 Å². The summed E-state index contributed by atoms with van der Waals surface area (Å²) >= 11 is 6.69. The number of nitrogen functional groups attached to an aromatic ring is 1. The number of nitrogens with two attached hydrogens (primary N) is 1. The van der Waals surface area contributed by atoms with E-state index in [4.69, 9.17) is 5.73 Å². The molecule has 0 aliphatic rings. The van der Waals surface area contributed by atoms with Gasteiger partial charge in [0, 0.05) is 27.5 Å². The first-order chi connectivity index (χ1) is 6.24. The zero-order valence-electron chi connectivity index (χ0n) is 6.98. The fourth-order valence-corrected chi connectivity index (χ4v) is 1.40. The van der Waals surface area contributed by atoms with E-state index in [0.717, 1.165) is 27.5 Å². The van der Waals surface area contributed by atoms with Gasteiger partial charge in [0.25, 0.3) is 0 Å². The summed E-state index contributed by atoms with van der Waals surface area (Å²) < 4.78 is 1.00. The summed E-state index contributed by atoms with van der Waals surface area (Å²) in [6, 6.07) is 5.68. The minimum absolute atomic E-state index is 0.727. The third kappa shape index (κ3) is 3.41. The van der Waals surface area contributed by atoms with Crippen molar-refractivity contribution in [2.24, 2.45) is 0 Å².